The van der Waals surface area contributed by atoms with Crippen LogP contribution >= 0.6 is 15.9 Å². The number of hydrogen-bond acceptors (Lipinski definition) is 3. The number of likely N-dealkylation sites (N-methyl/N-ethyl adjacent to an activating group) is 1. The van der Waals surface area contributed by atoms with Crippen LogP contribution in [0.4, 0.5) is 10.1 Å². The van der Waals surface area contributed by atoms with E-state index >= 15 is 0 Å². The standard InChI is InChI=1S/C18H15BrFNO3/c1-2-21-15-8-5-12(19)9-14(15)18(24,17(21)23)10-16(22)11-3-6-13(20)7-4-11/h3-9,24H,2,10H2,1H3. The Morgan fingerprint density at radius 1 is 1.25 bits per heavy atom. The third-order valence-electron chi connectivity index (χ3n) is 4.19. The molecule has 1 aliphatic rings. The van der Waals surface area contributed by atoms with Crippen molar-refractivity contribution in [1.82, 2.24) is 0 Å². The highest BCUT2D eigenvalue weighted by Crippen LogP contribution is 2.43. The molecule has 0 aromatic heterocycles. The maximum atomic E-state index is 13.0. The van der Waals surface area contributed by atoms with Gasteiger partial charge in [-0.2, -0.15) is 0 Å². The lowest BCUT2D eigenvalue weighted by molar-refractivity contribution is -0.135. The molecular formula is C18H15BrFNO3. The lowest BCUT2D eigenvalue weighted by atomic mass is 9.88. The van der Waals surface area contributed by atoms with Gasteiger partial charge in [-0.1, -0.05) is 15.9 Å². The summed E-state index contributed by atoms with van der Waals surface area (Å²) in [5.41, 5.74) is -0.663. The summed E-state index contributed by atoms with van der Waals surface area (Å²) in [5, 5.41) is 11.0. The number of ketones is 1. The van der Waals surface area contributed by atoms with Gasteiger partial charge in [0.25, 0.3) is 5.91 Å². The summed E-state index contributed by atoms with van der Waals surface area (Å²) in [7, 11) is 0. The largest absolute Gasteiger partial charge is 0.375 e. The third-order valence-corrected chi connectivity index (χ3v) is 4.69. The van der Waals surface area contributed by atoms with Gasteiger partial charge in [-0.15, -0.1) is 0 Å². The van der Waals surface area contributed by atoms with Gasteiger partial charge >= 0.3 is 0 Å². The molecular weight excluding hydrogens is 377 g/mol. The number of halogens is 2. The van der Waals surface area contributed by atoms with E-state index in [1.54, 1.807) is 25.1 Å². The van der Waals surface area contributed by atoms with Crippen molar-refractivity contribution in [3.8, 4) is 0 Å². The predicted octanol–water partition coefficient (Wildman–Crippen LogP) is 3.42. The Morgan fingerprint density at radius 3 is 2.54 bits per heavy atom. The zero-order valence-corrected chi connectivity index (χ0v) is 14.5. The summed E-state index contributed by atoms with van der Waals surface area (Å²) in [5.74, 6) is -1.39. The van der Waals surface area contributed by atoms with Crippen LogP contribution in [0.3, 0.4) is 0 Å². The number of anilines is 1. The molecule has 0 saturated heterocycles. The highest BCUT2D eigenvalue weighted by atomic mass is 79.9. The molecule has 124 valence electrons. The molecule has 0 fully saturated rings. The van der Waals surface area contributed by atoms with Gasteiger partial charge in [0.2, 0.25) is 0 Å². The van der Waals surface area contributed by atoms with E-state index in [9.17, 15) is 19.1 Å². The van der Waals surface area contributed by atoms with Crippen molar-refractivity contribution in [3.63, 3.8) is 0 Å². The topological polar surface area (TPSA) is 57.6 Å². The molecule has 1 heterocycles. The number of amides is 1. The van der Waals surface area contributed by atoms with Crippen molar-refractivity contribution >= 4 is 33.3 Å². The van der Waals surface area contributed by atoms with Gasteiger partial charge < -0.3 is 10.0 Å². The van der Waals surface area contributed by atoms with Crippen LogP contribution in [0.2, 0.25) is 0 Å². The van der Waals surface area contributed by atoms with Crippen LogP contribution in [-0.4, -0.2) is 23.3 Å². The Bertz CT molecular complexity index is 822. The number of Topliss-reactive ketones (excluding diaryl/α,β-unsaturated/α-hetero) is 1. The number of fused-ring (bicyclic) bond motifs is 1. The number of hydrogen-bond donors (Lipinski definition) is 1. The lowest BCUT2D eigenvalue weighted by Gasteiger charge is -2.22. The van der Waals surface area contributed by atoms with E-state index in [4.69, 9.17) is 0 Å². The fourth-order valence-corrected chi connectivity index (χ4v) is 3.34. The van der Waals surface area contributed by atoms with Gasteiger partial charge in [0.1, 0.15) is 5.82 Å². The van der Waals surface area contributed by atoms with Crippen molar-refractivity contribution in [1.29, 1.82) is 0 Å². The molecule has 0 spiro atoms. The van der Waals surface area contributed by atoms with E-state index < -0.39 is 29.5 Å². The van der Waals surface area contributed by atoms with Crippen LogP contribution in [0.5, 0.6) is 0 Å². The number of aliphatic hydroxyl groups is 1. The maximum absolute atomic E-state index is 13.0. The predicted molar refractivity (Wildman–Crippen MR) is 91.4 cm³/mol. The number of nitrogens with zero attached hydrogens (tertiary/aromatic N) is 1. The highest BCUT2D eigenvalue weighted by molar-refractivity contribution is 9.10. The molecule has 1 N–H and O–H groups in total. The first kappa shape index (κ1) is 16.8. The van der Waals surface area contributed by atoms with E-state index in [2.05, 4.69) is 15.9 Å². The monoisotopic (exact) mass is 391 g/mol. The van der Waals surface area contributed by atoms with E-state index in [0.29, 0.717) is 22.3 Å². The summed E-state index contributed by atoms with van der Waals surface area (Å²) < 4.78 is 13.7. The summed E-state index contributed by atoms with van der Waals surface area (Å²) in [6, 6.07) is 10.2. The Hall–Kier alpha value is -2.05. The second-order valence-electron chi connectivity index (χ2n) is 5.68. The first-order valence-electron chi connectivity index (χ1n) is 7.50. The van der Waals surface area contributed by atoms with Crippen molar-refractivity contribution in [3.05, 3.63) is 63.9 Å². The minimum absolute atomic E-state index is 0.254. The van der Waals surface area contributed by atoms with Crippen LogP contribution in [-0.2, 0) is 10.4 Å². The quantitative estimate of drug-likeness (QED) is 0.812. The lowest BCUT2D eigenvalue weighted by Crippen LogP contribution is -2.41. The molecule has 0 aliphatic carbocycles. The molecule has 6 heteroatoms. The van der Waals surface area contributed by atoms with Gasteiger partial charge in [-0.3, -0.25) is 9.59 Å². The SMILES string of the molecule is CCN1C(=O)C(O)(CC(=O)c2ccc(F)cc2)c2cc(Br)ccc21. The van der Waals surface area contributed by atoms with Gasteiger partial charge in [-0.25, -0.2) is 4.39 Å². The minimum Gasteiger partial charge on any atom is -0.375 e. The van der Waals surface area contributed by atoms with E-state index in [1.165, 1.54) is 29.2 Å². The second-order valence-corrected chi connectivity index (χ2v) is 6.59. The van der Waals surface area contributed by atoms with E-state index in [1.807, 2.05) is 0 Å². The minimum atomic E-state index is -1.92. The molecule has 0 radical (unpaired) electrons. The van der Waals surface area contributed by atoms with Crippen LogP contribution < -0.4 is 4.90 Å². The fourth-order valence-electron chi connectivity index (χ4n) is 2.98. The normalized spacial score (nSPS) is 19.5. The number of rotatable bonds is 4. The summed E-state index contributed by atoms with van der Waals surface area (Å²) in [6.45, 7) is 2.19. The van der Waals surface area contributed by atoms with Crippen molar-refractivity contribution in [2.24, 2.45) is 0 Å². The van der Waals surface area contributed by atoms with Crippen LogP contribution in [0, 0.1) is 5.82 Å². The second kappa shape index (κ2) is 6.11. The van der Waals surface area contributed by atoms with Crippen molar-refractivity contribution < 1.29 is 19.1 Å². The smallest absolute Gasteiger partial charge is 0.264 e. The number of carbonyl (C=O) groups excluding carboxylic acids is 2. The van der Waals surface area contributed by atoms with E-state index in [-0.39, 0.29) is 5.56 Å². The Labute approximate surface area is 147 Å². The molecule has 0 saturated carbocycles. The molecule has 1 unspecified atom stereocenters. The molecule has 1 aliphatic heterocycles. The van der Waals surface area contributed by atoms with Crippen molar-refractivity contribution in [2.75, 3.05) is 11.4 Å². The Morgan fingerprint density at radius 2 is 1.92 bits per heavy atom. The van der Waals surface area contributed by atoms with Gasteiger partial charge in [0, 0.05) is 22.1 Å². The first-order chi connectivity index (χ1) is 11.4. The first-order valence-corrected chi connectivity index (χ1v) is 8.29. The summed E-state index contributed by atoms with van der Waals surface area (Å²) >= 11 is 3.33. The zero-order valence-electron chi connectivity index (χ0n) is 12.9. The van der Waals surface area contributed by atoms with Gasteiger partial charge in [0.05, 0.1) is 12.1 Å². The third kappa shape index (κ3) is 2.65. The number of benzene rings is 2. The van der Waals surface area contributed by atoms with Crippen LogP contribution in [0.1, 0.15) is 29.3 Å². The van der Waals surface area contributed by atoms with Crippen LogP contribution in [0.15, 0.2) is 46.9 Å². The zero-order chi connectivity index (χ0) is 17.5. The van der Waals surface area contributed by atoms with Crippen molar-refractivity contribution in [2.45, 2.75) is 18.9 Å². The maximum Gasteiger partial charge on any atom is 0.264 e. The van der Waals surface area contributed by atoms with Gasteiger partial charge in [-0.05, 0) is 49.4 Å². The average Bonchev–Trinajstić information content (AvgIpc) is 2.76. The molecule has 1 atom stereocenters. The Balaban J connectivity index is 2.00. The van der Waals surface area contributed by atoms with Crippen LogP contribution in [0.25, 0.3) is 0 Å². The number of carbonyl (C=O) groups is 2. The molecule has 0 bridgehead atoms. The van der Waals surface area contributed by atoms with Gasteiger partial charge in [0.15, 0.2) is 11.4 Å². The molecule has 1 amide bonds. The average molecular weight is 392 g/mol. The Kier molecular flexibility index (Phi) is 4.27. The fraction of sp³-hybridized carbons (Fsp3) is 0.222. The molecule has 3 rings (SSSR count). The summed E-state index contributed by atoms with van der Waals surface area (Å²) in [6.07, 6.45) is -0.391. The summed E-state index contributed by atoms with van der Waals surface area (Å²) in [4.78, 5) is 26.6. The molecule has 24 heavy (non-hydrogen) atoms. The molecule has 2 aromatic rings. The highest BCUT2D eigenvalue weighted by Gasteiger charge is 2.50. The molecule has 2 aromatic carbocycles. The molecule has 4 nitrogen and oxygen atoms in total. The van der Waals surface area contributed by atoms with E-state index in [0.717, 1.165) is 0 Å².